The molecule has 1 aliphatic heterocycles. The van der Waals surface area contributed by atoms with E-state index in [4.69, 9.17) is 0 Å². The van der Waals surface area contributed by atoms with Crippen molar-refractivity contribution in [2.45, 2.75) is 32.6 Å². The Morgan fingerprint density at radius 2 is 1.80 bits per heavy atom. The Balaban J connectivity index is 1.76. The van der Waals surface area contributed by atoms with E-state index < -0.39 is 0 Å². The van der Waals surface area contributed by atoms with Crippen molar-refractivity contribution in [3.63, 3.8) is 0 Å². The summed E-state index contributed by atoms with van der Waals surface area (Å²) in [5.74, 6) is 0.252. The average Bonchev–Trinajstić information content (AvgIpc) is 3.05. The van der Waals surface area contributed by atoms with E-state index in [1.807, 2.05) is 0 Å². The van der Waals surface area contributed by atoms with Gasteiger partial charge in [0.05, 0.1) is 5.69 Å². The second-order valence-electron chi connectivity index (χ2n) is 6.65. The number of hydrogen-bond donors (Lipinski definition) is 1. The summed E-state index contributed by atoms with van der Waals surface area (Å²) < 4.78 is 0. The molecule has 0 saturated carbocycles. The van der Waals surface area contributed by atoms with Gasteiger partial charge in [-0.3, -0.25) is 4.79 Å². The second-order valence-corrected chi connectivity index (χ2v) is 7.57. The molecule has 2 heterocycles. The highest BCUT2D eigenvalue weighted by Crippen LogP contribution is 2.46. The molecular formula is C22H21NOS. The molecule has 3 aromatic rings. The van der Waals surface area contributed by atoms with Gasteiger partial charge in [0.1, 0.15) is 0 Å². The number of amides is 1. The van der Waals surface area contributed by atoms with E-state index in [1.54, 1.807) is 11.3 Å². The van der Waals surface area contributed by atoms with Gasteiger partial charge >= 0.3 is 0 Å². The smallest absolute Gasteiger partial charge is 0.225 e. The molecule has 1 N–H and O–H groups in total. The Bertz CT molecular complexity index is 906. The summed E-state index contributed by atoms with van der Waals surface area (Å²) in [6.07, 6.45) is 1.56. The standard InChI is InChI=1S/C22H21NOS/c1-3-15-6-10-16(11-7-15)18-12-20(24)23-21-19(13-25-22(18)21)17-8-4-14(2)5-9-17/h4-11,13,18H,3,12H2,1-2H3,(H,23,24)/t18-/m0/s1. The molecule has 4 rings (SSSR count). The fraction of sp³-hybridized carbons (Fsp3) is 0.227. The fourth-order valence-electron chi connectivity index (χ4n) is 3.43. The Hall–Kier alpha value is -2.39. The molecule has 1 amide bonds. The molecule has 25 heavy (non-hydrogen) atoms. The van der Waals surface area contributed by atoms with Crippen molar-refractivity contribution in [1.82, 2.24) is 0 Å². The van der Waals surface area contributed by atoms with Crippen molar-refractivity contribution in [2.24, 2.45) is 0 Å². The van der Waals surface area contributed by atoms with Crippen LogP contribution in [0.2, 0.25) is 0 Å². The van der Waals surface area contributed by atoms with Gasteiger partial charge in [-0.25, -0.2) is 0 Å². The summed E-state index contributed by atoms with van der Waals surface area (Å²) in [5.41, 5.74) is 7.08. The van der Waals surface area contributed by atoms with Crippen LogP contribution in [0.3, 0.4) is 0 Å². The van der Waals surface area contributed by atoms with Crippen molar-refractivity contribution in [3.05, 3.63) is 75.5 Å². The summed E-state index contributed by atoms with van der Waals surface area (Å²) in [6.45, 7) is 4.25. The van der Waals surface area contributed by atoms with Gasteiger partial charge in [-0.1, -0.05) is 61.0 Å². The summed E-state index contributed by atoms with van der Waals surface area (Å²) >= 11 is 1.75. The van der Waals surface area contributed by atoms with Crippen LogP contribution in [0.15, 0.2) is 53.9 Å². The minimum Gasteiger partial charge on any atom is -0.325 e. The van der Waals surface area contributed by atoms with Crippen molar-refractivity contribution >= 4 is 22.9 Å². The van der Waals surface area contributed by atoms with Gasteiger partial charge < -0.3 is 5.32 Å². The minimum atomic E-state index is 0.101. The van der Waals surface area contributed by atoms with Gasteiger partial charge in [0, 0.05) is 28.2 Å². The molecule has 126 valence electrons. The predicted molar refractivity (Wildman–Crippen MR) is 105 cm³/mol. The zero-order valence-corrected chi connectivity index (χ0v) is 15.3. The second kappa shape index (κ2) is 6.49. The molecule has 0 spiro atoms. The van der Waals surface area contributed by atoms with E-state index in [0.717, 1.165) is 23.2 Å². The molecule has 3 heteroatoms. The van der Waals surface area contributed by atoms with Gasteiger partial charge in [0.15, 0.2) is 0 Å². The molecule has 1 atom stereocenters. The van der Waals surface area contributed by atoms with Crippen LogP contribution in [0, 0.1) is 6.92 Å². The van der Waals surface area contributed by atoms with Crippen molar-refractivity contribution in [3.8, 4) is 11.1 Å². The fourth-order valence-corrected chi connectivity index (χ4v) is 4.59. The molecule has 0 saturated heterocycles. The Morgan fingerprint density at radius 1 is 1.08 bits per heavy atom. The Kier molecular flexibility index (Phi) is 4.18. The normalized spacial score (nSPS) is 16.4. The number of anilines is 1. The van der Waals surface area contributed by atoms with Gasteiger partial charge in [-0.15, -0.1) is 11.3 Å². The van der Waals surface area contributed by atoms with E-state index in [2.05, 4.69) is 73.1 Å². The summed E-state index contributed by atoms with van der Waals surface area (Å²) in [4.78, 5) is 13.6. The van der Waals surface area contributed by atoms with Crippen LogP contribution in [-0.2, 0) is 11.2 Å². The highest BCUT2D eigenvalue weighted by Gasteiger charge is 2.30. The lowest BCUT2D eigenvalue weighted by Crippen LogP contribution is -2.22. The largest absolute Gasteiger partial charge is 0.325 e. The van der Waals surface area contributed by atoms with E-state index in [9.17, 15) is 4.79 Å². The van der Waals surface area contributed by atoms with Crippen molar-refractivity contribution < 1.29 is 4.79 Å². The maximum Gasteiger partial charge on any atom is 0.225 e. The first-order valence-corrected chi connectivity index (χ1v) is 9.60. The molecule has 0 bridgehead atoms. The molecule has 0 unspecified atom stereocenters. The number of benzene rings is 2. The zero-order valence-electron chi connectivity index (χ0n) is 14.5. The lowest BCUT2D eigenvalue weighted by Gasteiger charge is -2.24. The zero-order chi connectivity index (χ0) is 17.4. The van der Waals surface area contributed by atoms with Crippen LogP contribution in [0.1, 0.15) is 40.8 Å². The number of rotatable bonds is 3. The quantitative estimate of drug-likeness (QED) is 0.641. The molecule has 1 aromatic heterocycles. The summed E-state index contributed by atoms with van der Waals surface area (Å²) in [7, 11) is 0. The average molecular weight is 347 g/mol. The molecular weight excluding hydrogens is 326 g/mol. The van der Waals surface area contributed by atoms with Crippen LogP contribution in [0.4, 0.5) is 5.69 Å². The third-order valence-electron chi connectivity index (χ3n) is 4.94. The molecule has 0 fully saturated rings. The van der Waals surface area contributed by atoms with Gasteiger partial charge in [-0.05, 0) is 30.0 Å². The highest BCUT2D eigenvalue weighted by molar-refractivity contribution is 7.11. The van der Waals surface area contributed by atoms with E-state index in [-0.39, 0.29) is 11.8 Å². The molecule has 2 nitrogen and oxygen atoms in total. The number of fused-ring (bicyclic) bond motifs is 1. The molecule has 0 radical (unpaired) electrons. The summed E-state index contributed by atoms with van der Waals surface area (Å²) in [5, 5.41) is 5.29. The predicted octanol–water partition coefficient (Wildman–Crippen LogP) is 5.76. The van der Waals surface area contributed by atoms with Crippen LogP contribution in [-0.4, -0.2) is 5.91 Å². The third kappa shape index (κ3) is 3.00. The highest BCUT2D eigenvalue weighted by atomic mass is 32.1. The minimum absolute atomic E-state index is 0.101. The first-order chi connectivity index (χ1) is 12.2. The SMILES string of the molecule is CCc1ccc([C@@H]2CC(=O)Nc3c(-c4ccc(C)cc4)csc32)cc1. The van der Waals surface area contributed by atoms with Crippen LogP contribution < -0.4 is 5.32 Å². The monoisotopic (exact) mass is 347 g/mol. The van der Waals surface area contributed by atoms with Gasteiger partial charge in [0.25, 0.3) is 0 Å². The number of thiophene rings is 1. The number of hydrogen-bond acceptors (Lipinski definition) is 2. The van der Waals surface area contributed by atoms with Gasteiger partial charge in [-0.2, -0.15) is 0 Å². The number of carbonyl (C=O) groups excluding carboxylic acids is 1. The Labute approximate surface area is 152 Å². The maximum absolute atomic E-state index is 12.4. The van der Waals surface area contributed by atoms with Gasteiger partial charge in [0.2, 0.25) is 5.91 Å². The third-order valence-corrected chi connectivity index (χ3v) is 6.04. The van der Waals surface area contributed by atoms with Crippen LogP contribution in [0.25, 0.3) is 11.1 Å². The molecule has 0 aliphatic carbocycles. The van der Waals surface area contributed by atoms with Crippen molar-refractivity contribution in [1.29, 1.82) is 0 Å². The topological polar surface area (TPSA) is 29.1 Å². The summed E-state index contributed by atoms with van der Waals surface area (Å²) in [6, 6.07) is 17.2. The Morgan fingerprint density at radius 3 is 2.48 bits per heavy atom. The number of aryl methyl sites for hydroxylation is 2. The van der Waals surface area contributed by atoms with Crippen LogP contribution in [0.5, 0.6) is 0 Å². The van der Waals surface area contributed by atoms with E-state index in [1.165, 1.54) is 21.6 Å². The maximum atomic E-state index is 12.4. The first-order valence-electron chi connectivity index (χ1n) is 8.73. The molecule has 1 aliphatic rings. The van der Waals surface area contributed by atoms with Crippen molar-refractivity contribution in [2.75, 3.05) is 5.32 Å². The first kappa shape index (κ1) is 16.1. The van der Waals surface area contributed by atoms with E-state index in [0.29, 0.717) is 6.42 Å². The van der Waals surface area contributed by atoms with Crippen LogP contribution >= 0.6 is 11.3 Å². The number of nitrogens with one attached hydrogen (secondary N) is 1. The van der Waals surface area contributed by atoms with E-state index >= 15 is 0 Å². The molecule has 2 aromatic carbocycles. The number of carbonyl (C=O) groups is 1. The lowest BCUT2D eigenvalue weighted by atomic mass is 9.88. The lowest BCUT2D eigenvalue weighted by molar-refractivity contribution is -0.116.